The van der Waals surface area contributed by atoms with Crippen LogP contribution in [0.4, 0.5) is 0 Å². The molecule has 0 radical (unpaired) electrons. The molecule has 2 rings (SSSR count). The predicted molar refractivity (Wildman–Crippen MR) is 101 cm³/mol. The molecule has 1 aliphatic rings. The van der Waals surface area contributed by atoms with Crippen molar-refractivity contribution in [3.63, 3.8) is 0 Å². The van der Waals surface area contributed by atoms with Gasteiger partial charge in [-0.3, -0.25) is 4.98 Å². The molecule has 1 aromatic heterocycles. The molecule has 7 nitrogen and oxygen atoms in total. The number of fused-ring (bicyclic) bond motifs is 1. The van der Waals surface area contributed by atoms with E-state index in [0.717, 1.165) is 15.6 Å². The Kier molecular flexibility index (Phi) is 6.99. The van der Waals surface area contributed by atoms with E-state index in [1.54, 1.807) is 47.0 Å². The Labute approximate surface area is 167 Å². The van der Waals surface area contributed by atoms with Gasteiger partial charge in [-0.2, -0.15) is 0 Å². The summed E-state index contributed by atoms with van der Waals surface area (Å²) in [5.41, 5.74) is -0.166. The van der Waals surface area contributed by atoms with Crippen molar-refractivity contribution in [2.24, 2.45) is 10.8 Å². The fraction of sp³-hybridized carbons (Fsp3) is 0.632. The van der Waals surface area contributed by atoms with E-state index >= 15 is 0 Å². The minimum absolute atomic E-state index is 0.315. The second-order valence-corrected chi connectivity index (χ2v) is 8.87. The van der Waals surface area contributed by atoms with Crippen LogP contribution in [-0.4, -0.2) is 36.7 Å². The van der Waals surface area contributed by atoms with Gasteiger partial charge in [-0.15, -0.1) is 0 Å². The fourth-order valence-electron chi connectivity index (χ4n) is 2.57. The Bertz CT molecular complexity index is 698. The topological polar surface area (TPSA) is 84.0 Å². The molecule has 0 saturated heterocycles. The largest absolute Gasteiger partial charge is 0.379 e. The van der Waals surface area contributed by atoms with Crippen LogP contribution in [0.5, 0.6) is 0 Å². The molecular formula is C19H26BrNO6. The van der Waals surface area contributed by atoms with Gasteiger partial charge in [-0.1, -0.05) is 0 Å². The zero-order valence-corrected chi connectivity index (χ0v) is 17.9. The average molecular weight is 444 g/mol. The van der Waals surface area contributed by atoms with Crippen LogP contribution in [0.25, 0.3) is 0 Å². The monoisotopic (exact) mass is 443 g/mol. The molecule has 0 saturated carbocycles. The third-order valence-corrected chi connectivity index (χ3v) is 5.00. The molecule has 2 heterocycles. The van der Waals surface area contributed by atoms with Crippen LogP contribution in [0.15, 0.2) is 16.9 Å². The molecule has 0 N–H and O–H groups in total. The number of halogens is 1. The van der Waals surface area contributed by atoms with Crippen LogP contribution in [0, 0.1) is 10.8 Å². The van der Waals surface area contributed by atoms with E-state index in [4.69, 9.17) is 19.2 Å². The molecule has 27 heavy (non-hydrogen) atoms. The lowest BCUT2D eigenvalue weighted by atomic mass is 9.81. The van der Waals surface area contributed by atoms with E-state index in [1.807, 2.05) is 0 Å². The van der Waals surface area contributed by atoms with Gasteiger partial charge in [0, 0.05) is 22.4 Å². The van der Waals surface area contributed by atoms with E-state index in [-0.39, 0.29) is 0 Å². The Morgan fingerprint density at radius 2 is 1.74 bits per heavy atom. The van der Waals surface area contributed by atoms with Gasteiger partial charge in [0.25, 0.3) is 0 Å². The van der Waals surface area contributed by atoms with E-state index in [9.17, 15) is 9.59 Å². The minimum atomic E-state index is -1.13. The molecule has 0 spiro atoms. The second-order valence-electron chi connectivity index (χ2n) is 8.02. The van der Waals surface area contributed by atoms with E-state index in [1.165, 1.54) is 0 Å². The highest BCUT2D eigenvalue weighted by Crippen LogP contribution is 2.41. The lowest BCUT2D eigenvalue weighted by Gasteiger charge is -2.32. The van der Waals surface area contributed by atoms with Crippen molar-refractivity contribution >= 4 is 27.9 Å². The Balaban J connectivity index is 2.28. The van der Waals surface area contributed by atoms with Gasteiger partial charge < -0.3 is 9.47 Å². The first kappa shape index (κ1) is 21.8. The molecule has 150 valence electrons. The normalized spacial score (nSPS) is 18.5. The van der Waals surface area contributed by atoms with Gasteiger partial charge in [-0.05, 0) is 62.5 Å². The maximum atomic E-state index is 12.7. The van der Waals surface area contributed by atoms with Crippen LogP contribution >= 0.6 is 15.9 Å². The maximum absolute atomic E-state index is 12.7. The number of aromatic nitrogens is 1. The summed E-state index contributed by atoms with van der Waals surface area (Å²) >= 11 is 3.51. The Morgan fingerprint density at radius 1 is 1.07 bits per heavy atom. The number of carbonyl (C=O) groups excluding carboxylic acids is 2. The standard InChI is InChI=1S/C19H26BrNO6/c1-18(2,3)16(22)26-27-17(23)19(4,5)15-13-10-21-11-14(20)12(13)6-7-24-8-9-25-15/h10-11,15H,6-9H2,1-5H3. The highest BCUT2D eigenvalue weighted by atomic mass is 79.9. The van der Waals surface area contributed by atoms with E-state index < -0.39 is 28.9 Å². The first-order valence-corrected chi connectivity index (χ1v) is 9.59. The highest BCUT2D eigenvalue weighted by Gasteiger charge is 2.43. The lowest BCUT2D eigenvalue weighted by molar-refractivity contribution is -0.275. The van der Waals surface area contributed by atoms with Crippen molar-refractivity contribution in [3.05, 3.63) is 28.0 Å². The van der Waals surface area contributed by atoms with Gasteiger partial charge in [0.1, 0.15) is 6.10 Å². The molecule has 0 fully saturated rings. The predicted octanol–water partition coefficient (Wildman–Crippen LogP) is 3.55. The Hall–Kier alpha value is -1.51. The third-order valence-electron chi connectivity index (χ3n) is 4.32. The SMILES string of the molecule is CC(C)(C)C(=O)OOC(=O)C(C)(C)C1OCCOCCc2c(Br)cncc21. The molecular weight excluding hydrogens is 418 g/mol. The molecule has 8 heteroatoms. The van der Waals surface area contributed by atoms with Gasteiger partial charge in [0.2, 0.25) is 0 Å². The summed E-state index contributed by atoms with van der Waals surface area (Å²) in [4.78, 5) is 38.5. The molecule has 0 bridgehead atoms. The van der Waals surface area contributed by atoms with Crippen LogP contribution in [-0.2, 0) is 35.3 Å². The number of carbonyl (C=O) groups is 2. The number of pyridine rings is 1. The maximum Gasteiger partial charge on any atom is 0.364 e. The molecule has 0 aromatic carbocycles. The molecule has 1 atom stereocenters. The van der Waals surface area contributed by atoms with Crippen molar-refractivity contribution in [1.82, 2.24) is 4.98 Å². The number of rotatable bonds is 2. The van der Waals surface area contributed by atoms with Gasteiger partial charge in [0.15, 0.2) is 0 Å². The lowest BCUT2D eigenvalue weighted by Crippen LogP contribution is -2.37. The quantitative estimate of drug-likeness (QED) is 0.510. The van der Waals surface area contributed by atoms with Gasteiger partial charge >= 0.3 is 11.9 Å². The Morgan fingerprint density at radius 3 is 2.41 bits per heavy atom. The summed E-state index contributed by atoms with van der Waals surface area (Å²) in [6, 6.07) is 0. The van der Waals surface area contributed by atoms with Crippen LogP contribution in [0.1, 0.15) is 51.8 Å². The number of hydrogen-bond acceptors (Lipinski definition) is 7. The van der Waals surface area contributed by atoms with Crippen molar-refractivity contribution in [2.75, 3.05) is 19.8 Å². The average Bonchev–Trinajstić information content (AvgIpc) is 2.69. The van der Waals surface area contributed by atoms with Crippen molar-refractivity contribution < 1.29 is 28.8 Å². The molecule has 1 aromatic rings. The van der Waals surface area contributed by atoms with E-state index in [2.05, 4.69) is 20.9 Å². The summed E-state index contributed by atoms with van der Waals surface area (Å²) in [5.74, 6) is -1.32. The molecule has 1 aliphatic heterocycles. The zero-order chi connectivity index (χ0) is 20.2. The summed E-state index contributed by atoms with van der Waals surface area (Å²) < 4.78 is 12.4. The van der Waals surface area contributed by atoms with Gasteiger partial charge in [0.05, 0.1) is 30.7 Å². The summed E-state index contributed by atoms with van der Waals surface area (Å²) in [7, 11) is 0. The molecule has 1 unspecified atom stereocenters. The second kappa shape index (κ2) is 8.67. The van der Waals surface area contributed by atoms with Crippen molar-refractivity contribution in [2.45, 2.75) is 47.1 Å². The third kappa shape index (κ3) is 5.27. The zero-order valence-electron chi connectivity index (χ0n) is 16.3. The minimum Gasteiger partial charge on any atom is -0.379 e. The van der Waals surface area contributed by atoms with Gasteiger partial charge in [-0.25, -0.2) is 19.4 Å². The smallest absolute Gasteiger partial charge is 0.364 e. The first-order chi connectivity index (χ1) is 12.5. The fourth-order valence-corrected chi connectivity index (χ4v) is 3.11. The highest BCUT2D eigenvalue weighted by molar-refractivity contribution is 9.10. The van der Waals surface area contributed by atoms with E-state index in [0.29, 0.717) is 26.2 Å². The van der Waals surface area contributed by atoms with Crippen LogP contribution in [0.2, 0.25) is 0 Å². The van der Waals surface area contributed by atoms with Crippen molar-refractivity contribution in [1.29, 1.82) is 0 Å². The first-order valence-electron chi connectivity index (χ1n) is 8.80. The molecule has 0 amide bonds. The molecule has 0 aliphatic carbocycles. The van der Waals surface area contributed by atoms with Crippen LogP contribution in [0.3, 0.4) is 0 Å². The van der Waals surface area contributed by atoms with Crippen molar-refractivity contribution in [3.8, 4) is 0 Å². The summed E-state index contributed by atoms with van der Waals surface area (Å²) in [6.45, 7) is 9.68. The number of hydrogen-bond donors (Lipinski definition) is 0. The summed E-state index contributed by atoms with van der Waals surface area (Å²) in [5, 5.41) is 0. The summed E-state index contributed by atoms with van der Waals surface area (Å²) in [6.07, 6.45) is 3.40. The number of nitrogens with zero attached hydrogens (tertiary/aromatic N) is 1. The number of ether oxygens (including phenoxy) is 2. The van der Waals surface area contributed by atoms with Crippen LogP contribution < -0.4 is 0 Å².